The Balaban J connectivity index is 1.41. The van der Waals surface area contributed by atoms with Crippen LogP contribution in [0.4, 0.5) is 0 Å². The molecule has 39 heavy (non-hydrogen) atoms. The third kappa shape index (κ3) is 6.34. The number of ether oxygens (including phenoxy) is 2. The molecular weight excluding hydrogens is 613 g/mol. The van der Waals surface area contributed by atoms with Gasteiger partial charge in [0, 0.05) is 18.9 Å². The Morgan fingerprint density at radius 2 is 1.95 bits per heavy atom. The summed E-state index contributed by atoms with van der Waals surface area (Å²) in [6, 6.07) is 3.77. The van der Waals surface area contributed by atoms with E-state index >= 15 is 0 Å². The number of allylic oxidation sites excluding steroid dienone is 2. The van der Waals surface area contributed by atoms with E-state index in [9.17, 15) is 19.5 Å². The molecule has 8 nitrogen and oxygen atoms in total. The lowest BCUT2D eigenvalue weighted by molar-refractivity contribution is -0.141. The van der Waals surface area contributed by atoms with Crippen molar-refractivity contribution in [3.8, 4) is 11.5 Å². The van der Waals surface area contributed by atoms with Crippen molar-refractivity contribution in [2.24, 2.45) is 17.8 Å². The minimum atomic E-state index is -0.823. The van der Waals surface area contributed by atoms with Gasteiger partial charge in [0.25, 0.3) is 0 Å². The van der Waals surface area contributed by atoms with Crippen LogP contribution in [0.5, 0.6) is 11.5 Å². The molecule has 2 aliphatic heterocycles. The molecule has 0 bridgehead atoms. The Morgan fingerprint density at radius 1 is 1.18 bits per heavy atom. The van der Waals surface area contributed by atoms with Gasteiger partial charge in [0.2, 0.25) is 11.8 Å². The van der Waals surface area contributed by atoms with E-state index in [-0.39, 0.29) is 47.8 Å². The van der Waals surface area contributed by atoms with Crippen LogP contribution in [0.3, 0.4) is 0 Å². The number of benzene rings is 1. The smallest absolute Gasteiger partial charge is 0.303 e. The minimum Gasteiger partial charge on any atom is -0.504 e. The SMILES string of the molecule is CC/C(=C\c1cc(I)c(O)c(OC)c1)CC[C@H]1OC[C@H]2C1=C(C)C[C@H]1C(=O)N(CCCCCC(=O)O)C(=O)[C@H]12. The number of unbranched alkanes of at least 4 members (excludes halogenated alkanes) is 2. The quantitative estimate of drug-likeness (QED) is 0.132. The maximum atomic E-state index is 13.4. The van der Waals surface area contributed by atoms with Crippen molar-refractivity contribution in [1.82, 2.24) is 4.90 Å². The first-order chi connectivity index (χ1) is 18.7. The monoisotopic (exact) mass is 651 g/mol. The Labute approximate surface area is 243 Å². The van der Waals surface area contributed by atoms with Crippen molar-refractivity contribution in [1.29, 1.82) is 0 Å². The summed E-state index contributed by atoms with van der Waals surface area (Å²) in [5.41, 5.74) is 4.62. The van der Waals surface area contributed by atoms with Crippen molar-refractivity contribution < 1.29 is 34.1 Å². The van der Waals surface area contributed by atoms with Gasteiger partial charge in [0.05, 0.1) is 35.2 Å². The predicted octanol–water partition coefficient (Wildman–Crippen LogP) is 5.56. The molecule has 0 radical (unpaired) electrons. The van der Waals surface area contributed by atoms with Gasteiger partial charge in [-0.3, -0.25) is 19.3 Å². The van der Waals surface area contributed by atoms with Crippen LogP contribution >= 0.6 is 22.6 Å². The maximum absolute atomic E-state index is 13.4. The second-order valence-corrected chi connectivity index (χ2v) is 11.9. The summed E-state index contributed by atoms with van der Waals surface area (Å²) in [5.74, 6) is -1.12. The molecule has 1 aromatic carbocycles. The van der Waals surface area contributed by atoms with Crippen LogP contribution < -0.4 is 4.74 Å². The topological polar surface area (TPSA) is 113 Å². The zero-order valence-corrected chi connectivity index (χ0v) is 25.0. The molecule has 2 saturated heterocycles. The molecule has 0 saturated carbocycles. The van der Waals surface area contributed by atoms with Gasteiger partial charge in [-0.05, 0) is 91.3 Å². The highest BCUT2D eigenvalue weighted by atomic mass is 127. The molecule has 4 atom stereocenters. The lowest BCUT2D eigenvalue weighted by atomic mass is 9.70. The van der Waals surface area contributed by atoms with Crippen molar-refractivity contribution in [2.45, 2.75) is 71.3 Å². The van der Waals surface area contributed by atoms with Gasteiger partial charge in [-0.15, -0.1) is 0 Å². The summed E-state index contributed by atoms with van der Waals surface area (Å²) < 4.78 is 12.3. The number of aliphatic carboxylic acids is 1. The highest BCUT2D eigenvalue weighted by molar-refractivity contribution is 14.1. The van der Waals surface area contributed by atoms with Gasteiger partial charge in [-0.25, -0.2) is 0 Å². The second-order valence-electron chi connectivity index (χ2n) is 10.8. The van der Waals surface area contributed by atoms with Crippen LogP contribution in [0.2, 0.25) is 0 Å². The molecule has 9 heteroatoms. The Kier molecular flexibility index (Phi) is 9.74. The molecule has 2 amide bonds. The number of aromatic hydroxyl groups is 1. The van der Waals surface area contributed by atoms with Crippen LogP contribution in [-0.4, -0.2) is 59.3 Å². The molecular formula is C30H38INO7. The Morgan fingerprint density at radius 3 is 2.64 bits per heavy atom. The molecule has 2 fully saturated rings. The number of halogens is 1. The van der Waals surface area contributed by atoms with Gasteiger partial charge < -0.3 is 19.7 Å². The fourth-order valence-corrected chi connectivity index (χ4v) is 7.00. The average Bonchev–Trinajstić information content (AvgIpc) is 3.43. The number of fused-ring (bicyclic) bond motifs is 3. The standard InChI is InChI=1S/C30H38INO7/c1-4-18(13-19-14-22(31)28(35)24(15-19)38-3)9-10-23-26-17(2)12-20-27(21(26)16-39-23)30(37)32(29(20)36)11-7-5-6-8-25(33)34/h13-15,20-21,23,27,35H,4-12,16H2,1-3H3,(H,33,34)/b18-13+/t20-,21+,23-,27-/m1/s1. The number of amides is 2. The van der Waals surface area contributed by atoms with Gasteiger partial charge in [-0.2, -0.15) is 0 Å². The fourth-order valence-electron chi connectivity index (χ4n) is 6.37. The lowest BCUT2D eigenvalue weighted by Crippen LogP contribution is -2.34. The summed E-state index contributed by atoms with van der Waals surface area (Å²) in [7, 11) is 1.54. The van der Waals surface area contributed by atoms with E-state index in [4.69, 9.17) is 14.6 Å². The van der Waals surface area contributed by atoms with Gasteiger partial charge in [0.15, 0.2) is 11.5 Å². The number of hydrogen-bond acceptors (Lipinski definition) is 6. The van der Waals surface area contributed by atoms with E-state index in [0.29, 0.717) is 44.6 Å². The number of imide groups is 1. The van der Waals surface area contributed by atoms with Gasteiger partial charge >= 0.3 is 5.97 Å². The van der Waals surface area contributed by atoms with Crippen molar-refractivity contribution in [3.63, 3.8) is 0 Å². The first-order valence-electron chi connectivity index (χ1n) is 13.8. The summed E-state index contributed by atoms with van der Waals surface area (Å²) in [5, 5.41) is 19.0. The molecule has 4 rings (SSSR count). The molecule has 1 aliphatic carbocycles. The van der Waals surface area contributed by atoms with Crippen LogP contribution in [0.1, 0.15) is 70.8 Å². The number of nitrogens with zero attached hydrogens (tertiary/aromatic N) is 1. The highest BCUT2D eigenvalue weighted by Crippen LogP contribution is 2.49. The minimum absolute atomic E-state index is 0.0563. The summed E-state index contributed by atoms with van der Waals surface area (Å²) in [6.07, 6.45) is 7.18. The number of carboxylic acid groups (broad SMARTS) is 1. The number of carbonyl (C=O) groups excluding carboxylic acids is 2. The Hall–Kier alpha value is -2.40. The zero-order valence-electron chi connectivity index (χ0n) is 22.9. The molecule has 212 valence electrons. The van der Waals surface area contributed by atoms with Crippen molar-refractivity contribution in [3.05, 3.63) is 38.0 Å². The molecule has 1 aromatic rings. The van der Waals surface area contributed by atoms with Crippen LogP contribution in [-0.2, 0) is 19.1 Å². The van der Waals surface area contributed by atoms with Gasteiger partial charge in [-0.1, -0.05) is 30.6 Å². The highest BCUT2D eigenvalue weighted by Gasteiger charge is 2.56. The first-order valence-corrected chi connectivity index (χ1v) is 14.9. The Bertz CT molecular complexity index is 1190. The van der Waals surface area contributed by atoms with Crippen molar-refractivity contribution >= 4 is 46.5 Å². The predicted molar refractivity (Wildman–Crippen MR) is 155 cm³/mol. The average molecular weight is 652 g/mol. The molecule has 2 heterocycles. The summed E-state index contributed by atoms with van der Waals surface area (Å²) >= 11 is 2.10. The number of carbonyl (C=O) groups is 3. The molecule has 2 N–H and O–H groups in total. The number of phenolic OH excluding ortho intramolecular Hbond substituents is 1. The zero-order chi connectivity index (χ0) is 28.3. The van der Waals surface area contributed by atoms with E-state index in [1.165, 1.54) is 21.6 Å². The molecule has 0 aromatic heterocycles. The lowest BCUT2D eigenvalue weighted by Gasteiger charge is -2.30. The van der Waals surface area contributed by atoms with E-state index in [1.807, 2.05) is 12.1 Å². The molecule has 3 aliphatic rings. The number of rotatable bonds is 12. The van der Waals surface area contributed by atoms with E-state index in [2.05, 4.69) is 42.5 Å². The van der Waals surface area contributed by atoms with Crippen LogP contribution in [0.25, 0.3) is 6.08 Å². The second kappa shape index (κ2) is 12.8. The van der Waals surface area contributed by atoms with E-state index in [1.54, 1.807) is 7.11 Å². The van der Waals surface area contributed by atoms with Crippen molar-refractivity contribution in [2.75, 3.05) is 20.3 Å². The number of phenols is 1. The first kappa shape index (κ1) is 29.6. The number of methoxy groups -OCH3 is 1. The van der Waals surface area contributed by atoms with E-state index < -0.39 is 5.97 Å². The maximum Gasteiger partial charge on any atom is 0.303 e. The number of hydrogen-bond donors (Lipinski definition) is 2. The molecule has 0 spiro atoms. The number of carboxylic acids is 1. The fraction of sp³-hybridized carbons (Fsp3) is 0.567. The van der Waals surface area contributed by atoms with Gasteiger partial charge in [0.1, 0.15) is 0 Å². The normalized spacial score (nSPS) is 24.8. The van der Waals surface area contributed by atoms with E-state index in [0.717, 1.165) is 28.4 Å². The van der Waals surface area contributed by atoms with Crippen LogP contribution in [0.15, 0.2) is 28.9 Å². The summed E-state index contributed by atoms with van der Waals surface area (Å²) in [4.78, 5) is 38.7. The third-order valence-electron chi connectivity index (χ3n) is 8.34. The van der Waals surface area contributed by atoms with Crippen LogP contribution in [0, 0.1) is 21.3 Å². The third-order valence-corrected chi connectivity index (χ3v) is 9.16. The molecule has 0 unspecified atom stereocenters. The largest absolute Gasteiger partial charge is 0.504 e. The summed E-state index contributed by atoms with van der Waals surface area (Å²) in [6.45, 7) is 5.03. The number of likely N-dealkylation sites (tertiary alicyclic amines) is 1.